The molecule has 104 valence electrons. The summed E-state index contributed by atoms with van der Waals surface area (Å²) >= 11 is 1.45. The minimum Gasteiger partial charge on any atom is -0.352 e. The zero-order chi connectivity index (χ0) is 14.2. The number of hydrogen-bond acceptors (Lipinski definition) is 3. The Balaban J connectivity index is 1.64. The van der Waals surface area contributed by atoms with Gasteiger partial charge in [0.15, 0.2) is 5.78 Å². The highest BCUT2D eigenvalue weighted by atomic mass is 32.1. The van der Waals surface area contributed by atoms with Crippen molar-refractivity contribution < 1.29 is 9.59 Å². The summed E-state index contributed by atoms with van der Waals surface area (Å²) in [5.41, 5.74) is 1.08. The molecule has 0 radical (unpaired) electrons. The van der Waals surface area contributed by atoms with Gasteiger partial charge in [0, 0.05) is 19.4 Å². The van der Waals surface area contributed by atoms with Crippen LogP contribution in [-0.2, 0) is 11.3 Å². The Bertz CT molecular complexity index is 549. The van der Waals surface area contributed by atoms with Crippen molar-refractivity contribution in [1.82, 2.24) is 5.32 Å². The van der Waals surface area contributed by atoms with Crippen molar-refractivity contribution in [3.8, 4) is 0 Å². The van der Waals surface area contributed by atoms with Crippen LogP contribution in [0, 0.1) is 0 Å². The Morgan fingerprint density at radius 1 is 1.00 bits per heavy atom. The van der Waals surface area contributed by atoms with E-state index in [1.165, 1.54) is 11.3 Å². The smallest absolute Gasteiger partial charge is 0.220 e. The second-order valence-electron chi connectivity index (χ2n) is 4.52. The van der Waals surface area contributed by atoms with Crippen LogP contribution in [0.15, 0.2) is 47.8 Å². The first-order valence-corrected chi connectivity index (χ1v) is 7.51. The van der Waals surface area contributed by atoms with Crippen LogP contribution in [-0.4, -0.2) is 11.7 Å². The van der Waals surface area contributed by atoms with Crippen LogP contribution >= 0.6 is 11.3 Å². The number of rotatable bonds is 7. The molecule has 0 aliphatic carbocycles. The maximum atomic E-state index is 11.7. The fraction of sp³-hybridized carbons (Fsp3) is 0.250. The highest BCUT2D eigenvalue weighted by Crippen LogP contribution is 2.13. The monoisotopic (exact) mass is 287 g/mol. The standard InChI is InChI=1S/C16H17NO2S/c18-14(15-9-5-11-20-15)8-4-10-16(19)17-12-13-6-2-1-3-7-13/h1-3,5-7,9,11H,4,8,10,12H2,(H,17,19). The van der Waals surface area contributed by atoms with Crippen LogP contribution in [0.5, 0.6) is 0 Å². The summed E-state index contributed by atoms with van der Waals surface area (Å²) in [6.45, 7) is 0.540. The van der Waals surface area contributed by atoms with Crippen molar-refractivity contribution in [2.45, 2.75) is 25.8 Å². The van der Waals surface area contributed by atoms with E-state index in [4.69, 9.17) is 0 Å². The van der Waals surface area contributed by atoms with Crippen molar-refractivity contribution in [3.05, 3.63) is 58.3 Å². The Labute approximate surface area is 122 Å². The molecule has 0 atom stereocenters. The first kappa shape index (κ1) is 14.5. The zero-order valence-electron chi connectivity index (χ0n) is 11.2. The number of ketones is 1. The summed E-state index contributed by atoms with van der Waals surface area (Å²) in [7, 11) is 0. The Hall–Kier alpha value is -1.94. The van der Waals surface area contributed by atoms with E-state index in [0.717, 1.165) is 10.4 Å². The van der Waals surface area contributed by atoms with Crippen LogP contribution in [0.3, 0.4) is 0 Å². The van der Waals surface area contributed by atoms with Crippen molar-refractivity contribution in [1.29, 1.82) is 0 Å². The molecule has 1 aromatic heterocycles. The van der Waals surface area contributed by atoms with Crippen molar-refractivity contribution in [3.63, 3.8) is 0 Å². The van der Waals surface area contributed by atoms with Crippen LogP contribution in [0.2, 0.25) is 0 Å². The lowest BCUT2D eigenvalue weighted by Crippen LogP contribution is -2.22. The number of Topliss-reactive ketones (excluding diaryl/α,β-unsaturated/α-hetero) is 1. The summed E-state index contributed by atoms with van der Waals surface area (Å²) in [6, 6.07) is 13.5. The predicted octanol–water partition coefficient (Wildman–Crippen LogP) is 3.42. The molecule has 0 saturated carbocycles. The Morgan fingerprint density at radius 3 is 2.50 bits per heavy atom. The predicted molar refractivity (Wildman–Crippen MR) is 80.8 cm³/mol. The van der Waals surface area contributed by atoms with Crippen LogP contribution in [0.4, 0.5) is 0 Å². The highest BCUT2D eigenvalue weighted by Gasteiger charge is 2.08. The topological polar surface area (TPSA) is 46.2 Å². The maximum Gasteiger partial charge on any atom is 0.220 e. The van der Waals surface area contributed by atoms with E-state index >= 15 is 0 Å². The van der Waals surface area contributed by atoms with Gasteiger partial charge in [-0.1, -0.05) is 36.4 Å². The van der Waals surface area contributed by atoms with E-state index in [0.29, 0.717) is 25.8 Å². The van der Waals surface area contributed by atoms with Gasteiger partial charge < -0.3 is 5.32 Å². The molecule has 0 spiro atoms. The number of hydrogen-bond donors (Lipinski definition) is 1. The molecule has 3 nitrogen and oxygen atoms in total. The average Bonchev–Trinajstić information content (AvgIpc) is 3.00. The molecule has 1 N–H and O–H groups in total. The highest BCUT2D eigenvalue weighted by molar-refractivity contribution is 7.12. The molecule has 2 aromatic rings. The van der Waals surface area contributed by atoms with Gasteiger partial charge in [-0.15, -0.1) is 11.3 Å². The van der Waals surface area contributed by atoms with Gasteiger partial charge in [-0.25, -0.2) is 0 Å². The summed E-state index contributed by atoms with van der Waals surface area (Å²) in [5, 5.41) is 4.75. The molecule has 20 heavy (non-hydrogen) atoms. The molecule has 1 aromatic carbocycles. The minimum atomic E-state index is -0.00664. The third-order valence-corrected chi connectivity index (χ3v) is 3.85. The lowest BCUT2D eigenvalue weighted by atomic mass is 10.1. The van der Waals surface area contributed by atoms with Crippen molar-refractivity contribution in [2.24, 2.45) is 0 Å². The molecule has 2 rings (SSSR count). The normalized spacial score (nSPS) is 10.2. The molecule has 1 heterocycles. The summed E-state index contributed by atoms with van der Waals surface area (Å²) in [5.74, 6) is 0.115. The van der Waals surface area contributed by atoms with Gasteiger partial charge in [-0.05, 0) is 23.4 Å². The summed E-state index contributed by atoms with van der Waals surface area (Å²) in [6.07, 6.45) is 1.42. The quantitative estimate of drug-likeness (QED) is 0.793. The number of thiophene rings is 1. The van der Waals surface area contributed by atoms with Gasteiger partial charge in [0.1, 0.15) is 0 Å². The van der Waals surface area contributed by atoms with Gasteiger partial charge in [0.2, 0.25) is 5.91 Å². The SMILES string of the molecule is O=C(CCCC(=O)c1cccs1)NCc1ccccc1. The number of carbonyl (C=O) groups excluding carboxylic acids is 2. The van der Waals surface area contributed by atoms with Crippen LogP contribution in [0.25, 0.3) is 0 Å². The van der Waals surface area contributed by atoms with E-state index in [1.54, 1.807) is 0 Å². The van der Waals surface area contributed by atoms with E-state index < -0.39 is 0 Å². The molecule has 4 heteroatoms. The second kappa shape index (κ2) is 7.60. The molecule has 0 unspecified atom stereocenters. The summed E-state index contributed by atoms with van der Waals surface area (Å²) in [4.78, 5) is 24.2. The first-order valence-electron chi connectivity index (χ1n) is 6.63. The van der Waals surface area contributed by atoms with Crippen LogP contribution < -0.4 is 5.32 Å². The summed E-state index contributed by atoms with van der Waals surface area (Å²) < 4.78 is 0. The van der Waals surface area contributed by atoms with E-state index in [9.17, 15) is 9.59 Å². The molecule has 0 fully saturated rings. The van der Waals surface area contributed by atoms with Gasteiger partial charge in [0.25, 0.3) is 0 Å². The second-order valence-corrected chi connectivity index (χ2v) is 5.46. The number of amides is 1. The molecule has 0 saturated heterocycles. The van der Waals surface area contributed by atoms with Crippen molar-refractivity contribution in [2.75, 3.05) is 0 Å². The van der Waals surface area contributed by atoms with Gasteiger partial charge >= 0.3 is 0 Å². The average molecular weight is 287 g/mol. The first-order chi connectivity index (χ1) is 9.75. The van der Waals surface area contributed by atoms with E-state index in [-0.39, 0.29) is 11.7 Å². The molecule has 0 aliphatic rings. The molecular formula is C16H17NO2S. The van der Waals surface area contributed by atoms with E-state index in [2.05, 4.69) is 5.32 Å². The molecular weight excluding hydrogens is 270 g/mol. The van der Waals surface area contributed by atoms with Crippen molar-refractivity contribution >= 4 is 23.0 Å². The number of carbonyl (C=O) groups is 2. The molecule has 1 amide bonds. The van der Waals surface area contributed by atoms with Gasteiger partial charge in [0.05, 0.1) is 4.88 Å². The number of nitrogens with one attached hydrogen (secondary N) is 1. The molecule has 0 aliphatic heterocycles. The largest absolute Gasteiger partial charge is 0.352 e. The van der Waals surface area contributed by atoms with Gasteiger partial charge in [-0.2, -0.15) is 0 Å². The third-order valence-electron chi connectivity index (χ3n) is 2.94. The van der Waals surface area contributed by atoms with Crippen LogP contribution in [0.1, 0.15) is 34.5 Å². The third kappa shape index (κ3) is 4.63. The van der Waals surface area contributed by atoms with E-state index in [1.807, 2.05) is 47.8 Å². The number of benzene rings is 1. The van der Waals surface area contributed by atoms with Gasteiger partial charge in [-0.3, -0.25) is 9.59 Å². The maximum absolute atomic E-state index is 11.7. The minimum absolute atomic E-state index is 0.00664. The lowest BCUT2D eigenvalue weighted by Gasteiger charge is -2.04. The zero-order valence-corrected chi connectivity index (χ0v) is 12.0. The fourth-order valence-electron chi connectivity index (χ4n) is 1.85. The molecule has 0 bridgehead atoms. The lowest BCUT2D eigenvalue weighted by molar-refractivity contribution is -0.121. The Kier molecular flexibility index (Phi) is 5.50. The Morgan fingerprint density at radius 2 is 1.80 bits per heavy atom. The fourth-order valence-corrected chi connectivity index (χ4v) is 2.55.